The third-order valence-corrected chi connectivity index (χ3v) is 4.24. The molecule has 1 N–H and O–H groups in total. The normalized spacial score (nSPS) is 16.1. The van der Waals surface area contributed by atoms with Gasteiger partial charge in [-0.15, -0.1) is 0 Å². The zero-order valence-electron chi connectivity index (χ0n) is 14.3. The maximum Gasteiger partial charge on any atom is 0.156 e. The number of ether oxygens (including phenoxy) is 1. The van der Waals surface area contributed by atoms with E-state index in [1.54, 1.807) is 0 Å². The minimum Gasteiger partial charge on any atom is -0.379 e. The highest BCUT2D eigenvalue weighted by Gasteiger charge is 2.16. The quantitative estimate of drug-likeness (QED) is 0.870. The minimum absolute atomic E-state index is 0.817. The van der Waals surface area contributed by atoms with Crippen LogP contribution < -0.4 is 5.32 Å². The summed E-state index contributed by atoms with van der Waals surface area (Å²) in [5, 5.41) is 8.09. The highest BCUT2D eigenvalue weighted by atomic mass is 16.5. The number of fused-ring (bicyclic) bond motifs is 1. The molecule has 1 saturated heterocycles. The molecule has 1 aliphatic rings. The smallest absolute Gasteiger partial charge is 0.156 e. The van der Waals surface area contributed by atoms with Crippen LogP contribution in [0.1, 0.15) is 25.4 Å². The molecule has 1 aliphatic heterocycles. The summed E-state index contributed by atoms with van der Waals surface area (Å²) in [6.07, 6.45) is 0.824. The SMILES string of the molecule is CCc1nc(NCCN2CCOCC2)c2c(n1)c(C)nn2CC. The highest BCUT2D eigenvalue weighted by Crippen LogP contribution is 2.23. The first-order chi connectivity index (χ1) is 11.2. The van der Waals surface area contributed by atoms with E-state index >= 15 is 0 Å². The number of hydrogen-bond donors (Lipinski definition) is 1. The number of aromatic nitrogens is 4. The van der Waals surface area contributed by atoms with Crippen molar-refractivity contribution in [2.24, 2.45) is 0 Å². The number of nitrogens with zero attached hydrogens (tertiary/aromatic N) is 5. The second kappa shape index (κ2) is 7.23. The fourth-order valence-electron chi connectivity index (χ4n) is 2.94. The van der Waals surface area contributed by atoms with Crippen molar-refractivity contribution in [2.45, 2.75) is 33.7 Å². The molecule has 2 aromatic rings. The molecule has 126 valence electrons. The molecule has 0 radical (unpaired) electrons. The van der Waals surface area contributed by atoms with Gasteiger partial charge >= 0.3 is 0 Å². The van der Waals surface area contributed by atoms with E-state index in [-0.39, 0.29) is 0 Å². The van der Waals surface area contributed by atoms with Gasteiger partial charge in [-0.1, -0.05) is 6.92 Å². The fraction of sp³-hybridized carbons (Fsp3) is 0.688. The lowest BCUT2D eigenvalue weighted by molar-refractivity contribution is 0.0398. The van der Waals surface area contributed by atoms with Crippen molar-refractivity contribution in [3.63, 3.8) is 0 Å². The average molecular weight is 318 g/mol. The molecular weight excluding hydrogens is 292 g/mol. The third-order valence-electron chi connectivity index (χ3n) is 4.24. The predicted molar refractivity (Wildman–Crippen MR) is 90.9 cm³/mol. The topological polar surface area (TPSA) is 68.1 Å². The minimum atomic E-state index is 0.817. The first-order valence-corrected chi connectivity index (χ1v) is 8.51. The van der Waals surface area contributed by atoms with E-state index < -0.39 is 0 Å². The summed E-state index contributed by atoms with van der Waals surface area (Å²) in [7, 11) is 0. The lowest BCUT2D eigenvalue weighted by Crippen LogP contribution is -2.39. The number of morpholine rings is 1. The summed E-state index contributed by atoms with van der Waals surface area (Å²) in [4.78, 5) is 11.8. The zero-order valence-corrected chi connectivity index (χ0v) is 14.3. The lowest BCUT2D eigenvalue weighted by atomic mass is 10.3. The molecular formula is C16H26N6O. The van der Waals surface area contributed by atoms with Crippen LogP contribution in [0.25, 0.3) is 11.0 Å². The van der Waals surface area contributed by atoms with Crippen LogP contribution in [-0.2, 0) is 17.7 Å². The van der Waals surface area contributed by atoms with E-state index in [0.29, 0.717) is 0 Å². The summed E-state index contributed by atoms with van der Waals surface area (Å²) >= 11 is 0. The van der Waals surface area contributed by atoms with Gasteiger partial charge in [0.25, 0.3) is 0 Å². The number of nitrogens with one attached hydrogen (secondary N) is 1. The third kappa shape index (κ3) is 3.45. The van der Waals surface area contributed by atoms with E-state index in [4.69, 9.17) is 9.72 Å². The van der Waals surface area contributed by atoms with E-state index in [1.165, 1.54) is 0 Å². The number of anilines is 1. The Bertz CT molecular complexity index is 662. The molecule has 7 nitrogen and oxygen atoms in total. The lowest BCUT2D eigenvalue weighted by Gasteiger charge is -2.26. The summed E-state index contributed by atoms with van der Waals surface area (Å²) in [6, 6.07) is 0. The number of hydrogen-bond acceptors (Lipinski definition) is 6. The van der Waals surface area contributed by atoms with Gasteiger partial charge in [-0.05, 0) is 13.8 Å². The van der Waals surface area contributed by atoms with Crippen molar-refractivity contribution >= 4 is 16.9 Å². The van der Waals surface area contributed by atoms with Gasteiger partial charge in [0.05, 0.1) is 18.9 Å². The molecule has 0 aromatic carbocycles. The Hall–Kier alpha value is -1.73. The van der Waals surface area contributed by atoms with Crippen LogP contribution in [0.3, 0.4) is 0 Å². The molecule has 0 spiro atoms. The van der Waals surface area contributed by atoms with Crippen molar-refractivity contribution in [2.75, 3.05) is 44.7 Å². The summed E-state index contributed by atoms with van der Waals surface area (Å²) < 4.78 is 7.38. The Labute approximate surface area is 137 Å². The van der Waals surface area contributed by atoms with Crippen LogP contribution in [0.2, 0.25) is 0 Å². The molecule has 0 atom stereocenters. The Morgan fingerprint density at radius 2 is 1.96 bits per heavy atom. The largest absolute Gasteiger partial charge is 0.379 e. The fourth-order valence-corrected chi connectivity index (χ4v) is 2.94. The second-order valence-electron chi connectivity index (χ2n) is 5.82. The van der Waals surface area contributed by atoms with Gasteiger partial charge in [-0.3, -0.25) is 9.58 Å². The predicted octanol–water partition coefficient (Wildman–Crippen LogP) is 1.46. The van der Waals surface area contributed by atoms with E-state index in [2.05, 4.69) is 34.1 Å². The van der Waals surface area contributed by atoms with Crippen LogP contribution in [-0.4, -0.2) is 64.0 Å². The first-order valence-electron chi connectivity index (χ1n) is 8.51. The van der Waals surface area contributed by atoms with Gasteiger partial charge in [0.15, 0.2) is 5.82 Å². The zero-order chi connectivity index (χ0) is 16.2. The van der Waals surface area contributed by atoms with Gasteiger partial charge in [0.2, 0.25) is 0 Å². The van der Waals surface area contributed by atoms with Gasteiger partial charge in [0, 0.05) is 39.1 Å². The number of rotatable bonds is 6. The van der Waals surface area contributed by atoms with Crippen LogP contribution in [0.15, 0.2) is 0 Å². The summed E-state index contributed by atoms with van der Waals surface area (Å²) in [5.41, 5.74) is 2.95. The number of aryl methyl sites for hydroxylation is 3. The molecule has 0 unspecified atom stereocenters. The van der Waals surface area contributed by atoms with Crippen LogP contribution >= 0.6 is 0 Å². The van der Waals surface area contributed by atoms with Gasteiger partial charge in [0.1, 0.15) is 16.9 Å². The van der Waals surface area contributed by atoms with E-state index in [0.717, 1.165) is 80.7 Å². The van der Waals surface area contributed by atoms with Crippen molar-refractivity contribution in [1.82, 2.24) is 24.6 Å². The molecule has 0 bridgehead atoms. The maximum absolute atomic E-state index is 5.39. The van der Waals surface area contributed by atoms with Crippen molar-refractivity contribution in [3.05, 3.63) is 11.5 Å². The van der Waals surface area contributed by atoms with Crippen LogP contribution in [0, 0.1) is 6.92 Å². The highest BCUT2D eigenvalue weighted by molar-refractivity contribution is 5.87. The summed E-state index contributed by atoms with van der Waals surface area (Å²) in [5.74, 6) is 1.77. The molecule has 0 aliphatic carbocycles. The second-order valence-corrected chi connectivity index (χ2v) is 5.82. The molecule has 7 heteroatoms. The molecule has 3 heterocycles. The first kappa shape index (κ1) is 16.1. The average Bonchev–Trinajstić information content (AvgIpc) is 2.92. The van der Waals surface area contributed by atoms with E-state index in [1.807, 2.05) is 11.6 Å². The van der Waals surface area contributed by atoms with Crippen molar-refractivity contribution < 1.29 is 4.74 Å². The van der Waals surface area contributed by atoms with Crippen LogP contribution in [0.4, 0.5) is 5.82 Å². The standard InChI is InChI=1S/C16H26N6O/c1-4-13-18-14-12(3)20-22(5-2)15(14)16(19-13)17-6-7-21-8-10-23-11-9-21/h4-11H2,1-3H3,(H,17,18,19). The van der Waals surface area contributed by atoms with Gasteiger partial charge in [-0.25, -0.2) is 9.97 Å². The molecule has 0 saturated carbocycles. The Kier molecular flexibility index (Phi) is 5.07. The van der Waals surface area contributed by atoms with Crippen LogP contribution in [0.5, 0.6) is 0 Å². The van der Waals surface area contributed by atoms with E-state index in [9.17, 15) is 0 Å². The Morgan fingerprint density at radius 1 is 1.17 bits per heavy atom. The molecule has 0 amide bonds. The Balaban J connectivity index is 1.80. The Morgan fingerprint density at radius 3 is 2.65 bits per heavy atom. The monoisotopic (exact) mass is 318 g/mol. The molecule has 1 fully saturated rings. The van der Waals surface area contributed by atoms with Crippen molar-refractivity contribution in [1.29, 1.82) is 0 Å². The van der Waals surface area contributed by atoms with Gasteiger partial charge < -0.3 is 10.1 Å². The molecule has 3 rings (SSSR count). The maximum atomic E-state index is 5.39. The molecule has 23 heavy (non-hydrogen) atoms. The summed E-state index contributed by atoms with van der Waals surface area (Å²) in [6.45, 7) is 12.5. The van der Waals surface area contributed by atoms with Gasteiger partial charge in [-0.2, -0.15) is 5.10 Å². The molecule has 2 aromatic heterocycles. The van der Waals surface area contributed by atoms with Crippen molar-refractivity contribution in [3.8, 4) is 0 Å².